The maximum atomic E-state index is 4.94. The molecular formula is C5H11ClMgO. The zero-order chi connectivity index (χ0) is 3.54. The summed E-state index contributed by atoms with van der Waals surface area (Å²) in [7, 11) is 0. The molecule has 1 aliphatic heterocycles. The van der Waals surface area contributed by atoms with Crippen LogP contribution in [-0.2, 0) is 4.74 Å². The SMILES string of the molecule is C1CCOC1.[CH3-].[Cl-].[Mg+2]. The molecule has 1 aliphatic rings. The summed E-state index contributed by atoms with van der Waals surface area (Å²) in [6.45, 7) is 2.00. The van der Waals surface area contributed by atoms with Crippen molar-refractivity contribution in [3.8, 4) is 0 Å². The van der Waals surface area contributed by atoms with E-state index in [1.54, 1.807) is 0 Å². The Bertz CT molecular complexity index is 24.0. The van der Waals surface area contributed by atoms with Crippen LogP contribution in [0.2, 0.25) is 0 Å². The third-order valence-electron chi connectivity index (χ3n) is 0.827. The number of halogens is 1. The molecule has 0 atom stereocenters. The van der Waals surface area contributed by atoms with Crippen LogP contribution in [0.4, 0.5) is 0 Å². The van der Waals surface area contributed by atoms with Crippen LogP contribution in [0.25, 0.3) is 0 Å². The van der Waals surface area contributed by atoms with Gasteiger partial charge in [-0.1, -0.05) is 0 Å². The fraction of sp³-hybridized carbons (Fsp3) is 0.800. The monoisotopic (exact) mass is 146 g/mol. The quantitative estimate of drug-likeness (QED) is 0.281. The summed E-state index contributed by atoms with van der Waals surface area (Å²) >= 11 is 0. The molecule has 46 valence electrons. The summed E-state index contributed by atoms with van der Waals surface area (Å²) in [6, 6.07) is 0. The molecule has 0 aromatic carbocycles. The van der Waals surface area contributed by atoms with E-state index < -0.39 is 0 Å². The maximum absolute atomic E-state index is 4.94. The van der Waals surface area contributed by atoms with Gasteiger partial charge in [0, 0.05) is 13.2 Å². The Labute approximate surface area is 73.7 Å². The standard InChI is InChI=1S/C4H8O.CH3.ClH.Mg/c1-2-4-5-3-1;;;/h1-4H2;1H3;1H;/q;-1;;+2/p-1. The molecule has 8 heavy (non-hydrogen) atoms. The summed E-state index contributed by atoms with van der Waals surface area (Å²) in [5.41, 5.74) is 0. The van der Waals surface area contributed by atoms with Gasteiger partial charge in [-0.15, -0.1) is 0 Å². The topological polar surface area (TPSA) is 9.23 Å². The zero-order valence-electron chi connectivity index (χ0n) is 5.32. The Morgan fingerprint density at radius 2 is 1.38 bits per heavy atom. The van der Waals surface area contributed by atoms with Crippen molar-refractivity contribution in [3.05, 3.63) is 7.43 Å². The van der Waals surface area contributed by atoms with E-state index in [0.29, 0.717) is 0 Å². The van der Waals surface area contributed by atoms with Crippen LogP contribution in [-0.4, -0.2) is 36.3 Å². The molecule has 1 saturated heterocycles. The van der Waals surface area contributed by atoms with Gasteiger partial charge in [-0.2, -0.15) is 0 Å². The minimum Gasteiger partial charge on any atom is -1.00 e. The molecule has 0 aromatic rings. The van der Waals surface area contributed by atoms with E-state index in [9.17, 15) is 0 Å². The van der Waals surface area contributed by atoms with Gasteiger partial charge in [0.25, 0.3) is 0 Å². The van der Waals surface area contributed by atoms with Crippen molar-refractivity contribution >= 4 is 23.1 Å². The first-order valence-electron chi connectivity index (χ1n) is 2.08. The predicted molar refractivity (Wildman–Crippen MR) is 32.2 cm³/mol. The van der Waals surface area contributed by atoms with Gasteiger partial charge in [0.2, 0.25) is 0 Å². The third-order valence-corrected chi connectivity index (χ3v) is 0.827. The van der Waals surface area contributed by atoms with Gasteiger partial charge in [0.05, 0.1) is 0 Å². The molecule has 0 unspecified atom stereocenters. The molecule has 0 N–H and O–H groups in total. The summed E-state index contributed by atoms with van der Waals surface area (Å²) in [5.74, 6) is 0. The average Bonchev–Trinajstić information content (AvgIpc) is 1.76. The predicted octanol–water partition coefficient (Wildman–Crippen LogP) is -2.13. The van der Waals surface area contributed by atoms with Crippen molar-refractivity contribution in [1.29, 1.82) is 0 Å². The Balaban J connectivity index is -0.0000000833. The van der Waals surface area contributed by atoms with Crippen LogP contribution in [0.5, 0.6) is 0 Å². The van der Waals surface area contributed by atoms with E-state index in [0.717, 1.165) is 13.2 Å². The van der Waals surface area contributed by atoms with Crippen molar-refractivity contribution in [2.45, 2.75) is 12.8 Å². The van der Waals surface area contributed by atoms with Gasteiger partial charge in [-0.3, -0.25) is 0 Å². The second-order valence-corrected chi connectivity index (χ2v) is 1.32. The molecule has 0 radical (unpaired) electrons. The normalized spacial score (nSPS) is 15.0. The molecule has 0 aliphatic carbocycles. The van der Waals surface area contributed by atoms with Crippen molar-refractivity contribution in [3.63, 3.8) is 0 Å². The van der Waals surface area contributed by atoms with Gasteiger partial charge >= 0.3 is 23.1 Å². The van der Waals surface area contributed by atoms with Crippen molar-refractivity contribution < 1.29 is 17.1 Å². The minimum atomic E-state index is 0. The summed E-state index contributed by atoms with van der Waals surface area (Å²) in [6.07, 6.45) is 2.56. The Morgan fingerprint density at radius 1 is 1.00 bits per heavy atom. The van der Waals surface area contributed by atoms with E-state index in [4.69, 9.17) is 4.74 Å². The van der Waals surface area contributed by atoms with Crippen LogP contribution in [0.15, 0.2) is 0 Å². The van der Waals surface area contributed by atoms with E-state index in [1.807, 2.05) is 0 Å². The Morgan fingerprint density at radius 3 is 1.50 bits per heavy atom. The van der Waals surface area contributed by atoms with E-state index >= 15 is 0 Å². The maximum Gasteiger partial charge on any atom is 2.00 e. The molecule has 1 rings (SSSR count). The number of hydrogen-bond donors (Lipinski definition) is 0. The first-order valence-corrected chi connectivity index (χ1v) is 2.08. The number of rotatable bonds is 0. The fourth-order valence-corrected chi connectivity index (χ4v) is 0.510. The van der Waals surface area contributed by atoms with Crippen molar-refractivity contribution in [2.24, 2.45) is 0 Å². The summed E-state index contributed by atoms with van der Waals surface area (Å²) in [5, 5.41) is 0. The minimum absolute atomic E-state index is 0. The van der Waals surface area contributed by atoms with Crippen molar-refractivity contribution in [1.82, 2.24) is 0 Å². The molecule has 1 heterocycles. The first kappa shape index (κ1) is 16.0. The van der Waals surface area contributed by atoms with Gasteiger partial charge in [-0.05, 0) is 12.8 Å². The molecule has 0 spiro atoms. The fourth-order valence-electron chi connectivity index (χ4n) is 0.510. The molecule has 1 fully saturated rings. The van der Waals surface area contributed by atoms with Crippen LogP contribution in [0.3, 0.4) is 0 Å². The molecule has 1 nitrogen and oxygen atoms in total. The smallest absolute Gasteiger partial charge is 1.00 e. The van der Waals surface area contributed by atoms with Gasteiger partial charge in [-0.25, -0.2) is 0 Å². The molecule has 0 amide bonds. The number of hydrogen-bond acceptors (Lipinski definition) is 1. The second kappa shape index (κ2) is 10.9. The molecular weight excluding hydrogens is 136 g/mol. The van der Waals surface area contributed by atoms with Crippen LogP contribution >= 0.6 is 0 Å². The third kappa shape index (κ3) is 7.02. The Kier molecular flexibility index (Phi) is 21.8. The van der Waals surface area contributed by atoms with Gasteiger partial charge in [0.15, 0.2) is 0 Å². The molecule has 0 saturated carbocycles. The largest absolute Gasteiger partial charge is 2.00 e. The van der Waals surface area contributed by atoms with Crippen LogP contribution in [0, 0.1) is 7.43 Å². The van der Waals surface area contributed by atoms with E-state index in [2.05, 4.69) is 0 Å². The number of ether oxygens (including phenoxy) is 1. The van der Waals surface area contributed by atoms with Crippen LogP contribution in [0.1, 0.15) is 12.8 Å². The summed E-state index contributed by atoms with van der Waals surface area (Å²) < 4.78 is 4.94. The first-order chi connectivity index (χ1) is 2.50. The molecule has 0 bridgehead atoms. The zero-order valence-corrected chi connectivity index (χ0v) is 7.49. The van der Waals surface area contributed by atoms with Crippen molar-refractivity contribution in [2.75, 3.05) is 13.2 Å². The average molecular weight is 147 g/mol. The molecule has 3 heteroatoms. The van der Waals surface area contributed by atoms with Gasteiger partial charge in [0.1, 0.15) is 0 Å². The van der Waals surface area contributed by atoms with Crippen LogP contribution < -0.4 is 12.4 Å². The summed E-state index contributed by atoms with van der Waals surface area (Å²) in [4.78, 5) is 0. The van der Waals surface area contributed by atoms with E-state index in [1.165, 1.54) is 12.8 Å². The van der Waals surface area contributed by atoms with Gasteiger partial charge < -0.3 is 24.6 Å². The Hall–Kier alpha value is 1.02. The second-order valence-electron chi connectivity index (χ2n) is 1.32. The van der Waals surface area contributed by atoms with E-state index in [-0.39, 0.29) is 42.9 Å². The molecule has 0 aromatic heterocycles.